The zero-order chi connectivity index (χ0) is 28.2. The summed E-state index contributed by atoms with van der Waals surface area (Å²) in [5.74, 6) is 0. The molecule has 8 aromatic rings. The quantitative estimate of drug-likeness (QED) is 0.198. The van der Waals surface area contributed by atoms with E-state index in [1.165, 1.54) is 87.6 Å². The lowest BCUT2D eigenvalue weighted by atomic mass is 9.82. The monoisotopic (exact) mass is 534 g/mol. The number of benzene rings is 8. The average molecular weight is 535 g/mol. The Kier molecular flexibility index (Phi) is 5.69. The Hall–Kier alpha value is -5.20. The van der Waals surface area contributed by atoms with Crippen LogP contribution in [-0.2, 0) is 0 Å². The van der Waals surface area contributed by atoms with E-state index in [0.717, 1.165) is 0 Å². The Balaban J connectivity index is 1.54. The molecule has 0 aromatic heterocycles. The minimum absolute atomic E-state index is 1.24. The highest BCUT2D eigenvalue weighted by Gasteiger charge is 2.20. The van der Waals surface area contributed by atoms with Gasteiger partial charge in [-0.05, 0) is 114 Å². The van der Waals surface area contributed by atoms with Crippen LogP contribution in [0.3, 0.4) is 0 Å². The van der Waals surface area contributed by atoms with Gasteiger partial charge in [-0.15, -0.1) is 0 Å². The smallest absolute Gasteiger partial charge is 0.00199 e. The standard InChI is InChI=1S/C42H30/c1-27-13-11-14-28(2)40(27)42-37-22-9-7-20-35(37)41(36-21-8-10-23-38(36)42)39-26-31(25-30-16-4-6-19-33(30)39)34-24-12-17-29-15-3-5-18-32(29)34/h3-26H,1-2H3. The molecule has 0 aliphatic rings. The molecule has 0 nitrogen and oxygen atoms in total. The van der Waals surface area contributed by atoms with E-state index < -0.39 is 0 Å². The van der Waals surface area contributed by atoms with Crippen molar-refractivity contribution < 1.29 is 0 Å². The summed E-state index contributed by atoms with van der Waals surface area (Å²) in [6.45, 7) is 4.47. The lowest BCUT2D eigenvalue weighted by molar-refractivity contribution is 1.39. The molecular formula is C42H30. The van der Waals surface area contributed by atoms with Gasteiger partial charge in [0.05, 0.1) is 0 Å². The predicted molar refractivity (Wildman–Crippen MR) is 182 cm³/mol. The summed E-state index contributed by atoms with van der Waals surface area (Å²) >= 11 is 0. The highest BCUT2D eigenvalue weighted by Crippen LogP contribution is 2.47. The first-order valence-electron chi connectivity index (χ1n) is 14.7. The molecule has 0 heterocycles. The molecular weight excluding hydrogens is 504 g/mol. The molecule has 8 rings (SSSR count). The van der Waals surface area contributed by atoms with Crippen LogP contribution in [0.2, 0.25) is 0 Å². The molecule has 0 heteroatoms. The predicted octanol–water partition coefficient (Wildman–Crippen LogP) is 11.9. The summed E-state index contributed by atoms with van der Waals surface area (Å²) in [4.78, 5) is 0. The first-order chi connectivity index (χ1) is 20.7. The molecule has 8 aromatic carbocycles. The first kappa shape index (κ1) is 24.6. The van der Waals surface area contributed by atoms with Crippen molar-refractivity contribution in [2.45, 2.75) is 13.8 Å². The minimum Gasteiger partial charge on any atom is -0.0617 e. The van der Waals surface area contributed by atoms with Crippen LogP contribution in [0.4, 0.5) is 0 Å². The molecule has 0 spiro atoms. The van der Waals surface area contributed by atoms with Crippen LogP contribution in [0.15, 0.2) is 146 Å². The van der Waals surface area contributed by atoms with Crippen LogP contribution in [0.5, 0.6) is 0 Å². The molecule has 0 atom stereocenters. The summed E-state index contributed by atoms with van der Waals surface area (Å²) < 4.78 is 0. The van der Waals surface area contributed by atoms with Crippen molar-refractivity contribution >= 4 is 43.1 Å². The van der Waals surface area contributed by atoms with Crippen molar-refractivity contribution in [1.82, 2.24) is 0 Å². The number of hydrogen-bond acceptors (Lipinski definition) is 0. The van der Waals surface area contributed by atoms with Crippen molar-refractivity contribution in [2.24, 2.45) is 0 Å². The SMILES string of the molecule is Cc1cccc(C)c1-c1c2ccccc2c(-c2cc(-c3cccc4ccccc34)cc3ccccc23)c2ccccc12. The molecule has 0 radical (unpaired) electrons. The molecule has 0 bridgehead atoms. The molecule has 0 saturated heterocycles. The van der Waals surface area contributed by atoms with Crippen molar-refractivity contribution in [3.63, 3.8) is 0 Å². The van der Waals surface area contributed by atoms with E-state index >= 15 is 0 Å². The van der Waals surface area contributed by atoms with E-state index in [4.69, 9.17) is 0 Å². The Morgan fingerprint density at radius 1 is 0.310 bits per heavy atom. The number of aryl methyl sites for hydroxylation is 2. The molecule has 0 N–H and O–H groups in total. The van der Waals surface area contributed by atoms with Gasteiger partial charge in [0.25, 0.3) is 0 Å². The third kappa shape index (κ3) is 3.76. The van der Waals surface area contributed by atoms with Gasteiger partial charge in [-0.2, -0.15) is 0 Å². The third-order valence-electron chi connectivity index (χ3n) is 8.89. The fourth-order valence-corrected chi connectivity index (χ4v) is 7.05. The van der Waals surface area contributed by atoms with Crippen molar-refractivity contribution in [2.75, 3.05) is 0 Å². The van der Waals surface area contributed by atoms with Gasteiger partial charge in [0, 0.05) is 0 Å². The Morgan fingerprint density at radius 3 is 1.38 bits per heavy atom. The van der Waals surface area contributed by atoms with Gasteiger partial charge >= 0.3 is 0 Å². The minimum atomic E-state index is 1.24. The van der Waals surface area contributed by atoms with Gasteiger partial charge in [0.15, 0.2) is 0 Å². The van der Waals surface area contributed by atoms with E-state index in [0.29, 0.717) is 0 Å². The molecule has 0 aliphatic carbocycles. The molecule has 0 aliphatic heterocycles. The van der Waals surface area contributed by atoms with Crippen LogP contribution in [0, 0.1) is 13.8 Å². The fourth-order valence-electron chi connectivity index (χ4n) is 7.05. The Bertz CT molecular complexity index is 2240. The summed E-state index contributed by atoms with van der Waals surface area (Å²) in [6.07, 6.45) is 0. The summed E-state index contributed by atoms with van der Waals surface area (Å²) in [5.41, 5.74) is 10.4. The van der Waals surface area contributed by atoms with Crippen LogP contribution >= 0.6 is 0 Å². The van der Waals surface area contributed by atoms with Crippen LogP contribution in [0.25, 0.3) is 76.5 Å². The molecule has 198 valence electrons. The number of hydrogen-bond donors (Lipinski definition) is 0. The second-order valence-electron chi connectivity index (χ2n) is 11.4. The third-order valence-corrected chi connectivity index (χ3v) is 8.89. The van der Waals surface area contributed by atoms with E-state index in [1.807, 2.05) is 0 Å². The Labute approximate surface area is 246 Å². The zero-order valence-corrected chi connectivity index (χ0v) is 23.9. The number of fused-ring (bicyclic) bond motifs is 4. The fraction of sp³-hybridized carbons (Fsp3) is 0.0476. The topological polar surface area (TPSA) is 0 Å². The molecule has 0 amide bonds. The summed E-state index contributed by atoms with van der Waals surface area (Å²) in [6, 6.07) is 53.6. The van der Waals surface area contributed by atoms with Gasteiger partial charge in [0.2, 0.25) is 0 Å². The van der Waals surface area contributed by atoms with Crippen LogP contribution in [0.1, 0.15) is 11.1 Å². The Morgan fingerprint density at radius 2 is 0.762 bits per heavy atom. The second-order valence-corrected chi connectivity index (χ2v) is 11.4. The van der Waals surface area contributed by atoms with Crippen molar-refractivity contribution in [3.05, 3.63) is 157 Å². The maximum absolute atomic E-state index is 2.43. The van der Waals surface area contributed by atoms with E-state index in [9.17, 15) is 0 Å². The largest absolute Gasteiger partial charge is 0.0617 e. The van der Waals surface area contributed by atoms with Crippen molar-refractivity contribution in [3.8, 4) is 33.4 Å². The van der Waals surface area contributed by atoms with Crippen LogP contribution in [-0.4, -0.2) is 0 Å². The van der Waals surface area contributed by atoms with Gasteiger partial charge in [0.1, 0.15) is 0 Å². The molecule has 0 fully saturated rings. The molecule has 0 saturated carbocycles. The maximum Gasteiger partial charge on any atom is -0.00199 e. The van der Waals surface area contributed by atoms with Gasteiger partial charge in [-0.1, -0.05) is 133 Å². The first-order valence-corrected chi connectivity index (χ1v) is 14.7. The zero-order valence-electron chi connectivity index (χ0n) is 23.9. The highest BCUT2D eigenvalue weighted by atomic mass is 14.2. The van der Waals surface area contributed by atoms with Crippen LogP contribution < -0.4 is 0 Å². The summed E-state index contributed by atoms with van der Waals surface area (Å²) in [5, 5.41) is 10.2. The van der Waals surface area contributed by atoms with E-state index in [-0.39, 0.29) is 0 Å². The molecule has 42 heavy (non-hydrogen) atoms. The van der Waals surface area contributed by atoms with E-state index in [2.05, 4.69) is 159 Å². The second kappa shape index (κ2) is 9.72. The van der Waals surface area contributed by atoms with Gasteiger partial charge in [-0.3, -0.25) is 0 Å². The molecule has 0 unspecified atom stereocenters. The lowest BCUT2D eigenvalue weighted by Gasteiger charge is -2.21. The normalized spacial score (nSPS) is 11.6. The number of rotatable bonds is 3. The van der Waals surface area contributed by atoms with Gasteiger partial charge in [-0.25, -0.2) is 0 Å². The van der Waals surface area contributed by atoms with E-state index in [1.54, 1.807) is 0 Å². The average Bonchev–Trinajstić information content (AvgIpc) is 3.03. The summed E-state index contributed by atoms with van der Waals surface area (Å²) in [7, 11) is 0. The lowest BCUT2D eigenvalue weighted by Crippen LogP contribution is -1.95. The van der Waals surface area contributed by atoms with Gasteiger partial charge < -0.3 is 0 Å². The van der Waals surface area contributed by atoms with Crippen molar-refractivity contribution in [1.29, 1.82) is 0 Å². The highest BCUT2D eigenvalue weighted by molar-refractivity contribution is 6.24. The maximum atomic E-state index is 2.43.